The first-order valence-electron chi connectivity index (χ1n) is 12.0. The van der Waals surface area contributed by atoms with Crippen LogP contribution in [-0.2, 0) is 9.53 Å². The summed E-state index contributed by atoms with van der Waals surface area (Å²) in [5.41, 5.74) is 2.22. The lowest BCUT2D eigenvalue weighted by Gasteiger charge is -2.39. The first-order valence-corrected chi connectivity index (χ1v) is 12.0. The van der Waals surface area contributed by atoms with Crippen LogP contribution in [0.2, 0.25) is 0 Å². The van der Waals surface area contributed by atoms with Gasteiger partial charge in [-0.15, -0.1) is 0 Å². The van der Waals surface area contributed by atoms with E-state index in [1.807, 2.05) is 24.0 Å². The van der Waals surface area contributed by atoms with Crippen LogP contribution in [0.5, 0.6) is 5.75 Å². The number of fused-ring (bicyclic) bond motifs is 1. The number of ether oxygens (including phenoxy) is 2. The highest BCUT2D eigenvalue weighted by Crippen LogP contribution is 2.28. The van der Waals surface area contributed by atoms with E-state index < -0.39 is 0 Å². The van der Waals surface area contributed by atoms with Crippen LogP contribution in [0, 0.1) is 18.7 Å². The second-order valence-electron chi connectivity index (χ2n) is 9.16. The Labute approximate surface area is 203 Å². The number of carbonyl (C=O) groups is 2. The number of nitrogens with zero attached hydrogens (tertiary/aromatic N) is 3. The molecule has 2 saturated heterocycles. The van der Waals surface area contributed by atoms with Crippen molar-refractivity contribution in [1.29, 1.82) is 0 Å². The molecule has 2 aromatic carbocycles. The zero-order chi connectivity index (χ0) is 24.4. The Morgan fingerprint density at radius 1 is 1.11 bits per heavy atom. The van der Waals surface area contributed by atoms with Gasteiger partial charge in [0.25, 0.3) is 5.91 Å². The van der Waals surface area contributed by atoms with Crippen molar-refractivity contribution >= 4 is 22.8 Å². The van der Waals surface area contributed by atoms with Gasteiger partial charge in [0, 0.05) is 50.5 Å². The smallest absolute Gasteiger partial charge is 0.253 e. The molecule has 0 aliphatic carbocycles. The predicted molar refractivity (Wildman–Crippen MR) is 128 cm³/mol. The number of H-pyrrole nitrogens is 1. The van der Waals surface area contributed by atoms with Crippen molar-refractivity contribution in [3.63, 3.8) is 0 Å². The Morgan fingerprint density at radius 3 is 2.66 bits per heavy atom. The zero-order valence-corrected chi connectivity index (χ0v) is 19.7. The average Bonchev–Trinajstić information content (AvgIpc) is 3.25. The SMILES string of the molecule is Cc1nc2ccc(C(=O)N3CC[C@H](Oc4ccc(F)cc4)[C@@H](CC(=O)N4CCOCC4)C3)cc2[nH]1. The number of aromatic amines is 1. The number of nitrogens with one attached hydrogen (secondary N) is 1. The van der Waals surface area contributed by atoms with E-state index in [-0.39, 0.29) is 36.1 Å². The maximum Gasteiger partial charge on any atom is 0.253 e. The quantitative estimate of drug-likeness (QED) is 0.606. The van der Waals surface area contributed by atoms with Crippen LogP contribution in [-0.4, -0.2) is 77.1 Å². The number of halogens is 1. The Bertz CT molecular complexity index is 1210. The molecular weight excluding hydrogens is 451 g/mol. The second kappa shape index (κ2) is 10.0. The number of imidazole rings is 1. The number of rotatable bonds is 5. The fourth-order valence-electron chi connectivity index (χ4n) is 4.85. The third-order valence-electron chi connectivity index (χ3n) is 6.70. The first kappa shape index (κ1) is 23.3. The lowest BCUT2D eigenvalue weighted by Crippen LogP contribution is -2.50. The second-order valence-corrected chi connectivity index (χ2v) is 9.16. The van der Waals surface area contributed by atoms with Gasteiger partial charge in [-0.2, -0.15) is 0 Å². The standard InChI is InChI=1S/C26H29FN4O4/c1-17-28-22-7-2-18(14-23(22)29-17)26(33)31-9-8-24(35-21-5-3-20(27)4-6-21)19(16-31)15-25(32)30-10-12-34-13-11-30/h2-7,14,19,24H,8-13,15-16H2,1H3,(H,28,29)/t19-,24-/m0/s1. The summed E-state index contributed by atoms with van der Waals surface area (Å²) in [6, 6.07) is 11.4. The molecule has 2 aliphatic rings. The van der Waals surface area contributed by atoms with E-state index in [0.29, 0.717) is 57.1 Å². The number of hydrogen-bond donors (Lipinski definition) is 1. The minimum Gasteiger partial charge on any atom is -0.490 e. The van der Waals surface area contributed by atoms with E-state index in [1.165, 1.54) is 12.1 Å². The number of benzene rings is 2. The molecule has 5 rings (SSSR count). The molecule has 0 spiro atoms. The molecule has 2 aliphatic heterocycles. The zero-order valence-electron chi connectivity index (χ0n) is 19.7. The molecule has 2 fully saturated rings. The molecule has 184 valence electrons. The Morgan fingerprint density at radius 2 is 1.89 bits per heavy atom. The predicted octanol–water partition coefficient (Wildman–Crippen LogP) is 3.17. The minimum absolute atomic E-state index is 0.0367. The number of aryl methyl sites for hydroxylation is 1. The molecule has 3 aromatic rings. The summed E-state index contributed by atoms with van der Waals surface area (Å²) >= 11 is 0. The van der Waals surface area contributed by atoms with Gasteiger partial charge < -0.3 is 24.3 Å². The van der Waals surface area contributed by atoms with Crippen LogP contribution in [0.4, 0.5) is 4.39 Å². The van der Waals surface area contributed by atoms with Crippen molar-refractivity contribution in [3.8, 4) is 5.75 Å². The van der Waals surface area contributed by atoms with Crippen molar-refractivity contribution in [2.24, 2.45) is 5.92 Å². The maximum absolute atomic E-state index is 13.4. The number of amides is 2. The largest absolute Gasteiger partial charge is 0.490 e. The van der Waals surface area contributed by atoms with Crippen LogP contribution >= 0.6 is 0 Å². The summed E-state index contributed by atoms with van der Waals surface area (Å²) in [4.78, 5) is 37.6. The van der Waals surface area contributed by atoms with Gasteiger partial charge in [-0.1, -0.05) is 0 Å². The molecule has 8 nitrogen and oxygen atoms in total. The molecule has 0 bridgehead atoms. The molecule has 2 amide bonds. The first-order chi connectivity index (χ1) is 17.0. The van der Waals surface area contributed by atoms with Crippen molar-refractivity contribution < 1.29 is 23.5 Å². The van der Waals surface area contributed by atoms with Gasteiger partial charge in [-0.25, -0.2) is 9.37 Å². The van der Waals surface area contributed by atoms with Crippen LogP contribution in [0.15, 0.2) is 42.5 Å². The summed E-state index contributed by atoms with van der Waals surface area (Å²) in [5, 5.41) is 0. The summed E-state index contributed by atoms with van der Waals surface area (Å²) in [7, 11) is 0. The normalized spacial score (nSPS) is 20.7. The molecule has 0 saturated carbocycles. The van der Waals surface area contributed by atoms with Crippen LogP contribution in [0.3, 0.4) is 0 Å². The van der Waals surface area contributed by atoms with Crippen LogP contribution < -0.4 is 4.74 Å². The summed E-state index contributed by atoms with van der Waals surface area (Å²) in [5.74, 6) is 0.787. The number of likely N-dealkylation sites (tertiary alicyclic amines) is 1. The third kappa shape index (κ3) is 5.30. The number of aromatic nitrogens is 2. The molecular formula is C26H29FN4O4. The molecule has 3 heterocycles. The fourth-order valence-corrected chi connectivity index (χ4v) is 4.85. The summed E-state index contributed by atoms with van der Waals surface area (Å²) in [6.07, 6.45) is 0.594. The van der Waals surface area contributed by atoms with E-state index in [0.717, 1.165) is 16.9 Å². The summed E-state index contributed by atoms with van der Waals surface area (Å²) in [6.45, 7) is 5.00. The van der Waals surface area contributed by atoms with Crippen LogP contribution in [0.1, 0.15) is 29.0 Å². The monoisotopic (exact) mass is 480 g/mol. The van der Waals surface area contributed by atoms with Gasteiger partial charge in [0.1, 0.15) is 23.5 Å². The molecule has 1 aromatic heterocycles. The highest BCUT2D eigenvalue weighted by Gasteiger charge is 2.36. The van der Waals surface area contributed by atoms with Crippen molar-refractivity contribution in [2.75, 3.05) is 39.4 Å². The van der Waals surface area contributed by atoms with E-state index in [9.17, 15) is 14.0 Å². The van der Waals surface area contributed by atoms with Gasteiger partial charge >= 0.3 is 0 Å². The number of carbonyl (C=O) groups excluding carboxylic acids is 2. The fraction of sp³-hybridized carbons (Fsp3) is 0.423. The van der Waals surface area contributed by atoms with E-state index in [2.05, 4.69) is 9.97 Å². The lowest BCUT2D eigenvalue weighted by atomic mass is 9.90. The number of morpholine rings is 1. The van der Waals surface area contributed by atoms with Gasteiger partial charge in [0.2, 0.25) is 5.91 Å². The Hall–Kier alpha value is -3.46. The van der Waals surface area contributed by atoms with E-state index >= 15 is 0 Å². The minimum atomic E-state index is -0.332. The molecule has 0 unspecified atom stereocenters. The summed E-state index contributed by atoms with van der Waals surface area (Å²) < 4.78 is 24.9. The molecule has 9 heteroatoms. The van der Waals surface area contributed by atoms with E-state index in [1.54, 1.807) is 23.1 Å². The van der Waals surface area contributed by atoms with Crippen molar-refractivity contribution in [3.05, 3.63) is 59.7 Å². The lowest BCUT2D eigenvalue weighted by molar-refractivity contribution is -0.137. The molecule has 0 radical (unpaired) electrons. The molecule has 35 heavy (non-hydrogen) atoms. The van der Waals surface area contributed by atoms with Gasteiger partial charge in [-0.3, -0.25) is 9.59 Å². The average molecular weight is 481 g/mol. The van der Waals surface area contributed by atoms with Crippen LogP contribution in [0.25, 0.3) is 11.0 Å². The highest BCUT2D eigenvalue weighted by atomic mass is 19.1. The topological polar surface area (TPSA) is 87.8 Å². The van der Waals surface area contributed by atoms with Gasteiger partial charge in [-0.05, 0) is 49.4 Å². The number of piperidine rings is 1. The molecule has 2 atom stereocenters. The highest BCUT2D eigenvalue weighted by molar-refractivity contribution is 5.97. The third-order valence-corrected chi connectivity index (χ3v) is 6.70. The van der Waals surface area contributed by atoms with Gasteiger partial charge in [0.05, 0.1) is 24.2 Å². The van der Waals surface area contributed by atoms with Crippen molar-refractivity contribution in [1.82, 2.24) is 19.8 Å². The van der Waals surface area contributed by atoms with Crippen molar-refractivity contribution in [2.45, 2.75) is 25.9 Å². The maximum atomic E-state index is 13.4. The Kier molecular flexibility index (Phi) is 6.68. The van der Waals surface area contributed by atoms with Gasteiger partial charge in [0.15, 0.2) is 0 Å². The number of hydrogen-bond acceptors (Lipinski definition) is 5. The van der Waals surface area contributed by atoms with E-state index in [4.69, 9.17) is 9.47 Å². The molecule has 1 N–H and O–H groups in total. The Balaban J connectivity index is 1.33.